The molecule has 0 N–H and O–H groups in total. The smallest absolute Gasteiger partial charge is 0.282 e. The summed E-state index contributed by atoms with van der Waals surface area (Å²) in [4.78, 5) is 18.5. The zero-order valence-corrected chi connectivity index (χ0v) is 28.0. The maximum absolute atomic E-state index is 13.8. The molecule has 0 bridgehead atoms. The summed E-state index contributed by atoms with van der Waals surface area (Å²) in [6.45, 7) is 6.61. The Morgan fingerprint density at radius 2 is 1.87 bits per heavy atom. The van der Waals surface area contributed by atoms with Crippen LogP contribution in [0.15, 0.2) is 115 Å². The number of aromatic nitrogens is 2. The monoisotopic (exact) mass is 745 g/mol. The molecule has 0 aliphatic carbocycles. The summed E-state index contributed by atoms with van der Waals surface area (Å²) in [5, 5.41) is 6.43. The van der Waals surface area contributed by atoms with E-state index in [1.807, 2.05) is 43.3 Å². The van der Waals surface area contributed by atoms with Crippen molar-refractivity contribution in [2.75, 3.05) is 6.61 Å². The highest BCUT2D eigenvalue weighted by Crippen LogP contribution is 2.35. The Bertz CT molecular complexity index is 2160. The van der Waals surface area contributed by atoms with Gasteiger partial charge in [0.05, 0.1) is 23.7 Å². The molecular formula is C35H26Br2ClN3O4. The molecule has 0 saturated heterocycles. The summed E-state index contributed by atoms with van der Waals surface area (Å²) in [6.07, 6.45) is 3.94. The molecular weight excluding hydrogens is 722 g/mol. The third kappa shape index (κ3) is 6.61. The van der Waals surface area contributed by atoms with Gasteiger partial charge < -0.3 is 13.9 Å². The lowest BCUT2D eigenvalue weighted by Crippen LogP contribution is -2.20. The topological polar surface area (TPSA) is 78.9 Å². The Labute approximate surface area is 281 Å². The Kier molecular flexibility index (Phi) is 9.21. The van der Waals surface area contributed by atoms with Crippen molar-refractivity contribution in [1.82, 2.24) is 9.66 Å². The van der Waals surface area contributed by atoms with E-state index in [0.29, 0.717) is 64.0 Å². The van der Waals surface area contributed by atoms with Gasteiger partial charge in [0.2, 0.25) is 5.82 Å². The maximum Gasteiger partial charge on any atom is 0.282 e. The van der Waals surface area contributed by atoms with Gasteiger partial charge in [0, 0.05) is 30.5 Å². The lowest BCUT2D eigenvalue weighted by atomic mass is 10.1. The summed E-state index contributed by atoms with van der Waals surface area (Å²) in [6, 6.07) is 24.0. The molecule has 45 heavy (non-hydrogen) atoms. The second-order valence-corrected chi connectivity index (χ2v) is 12.3. The molecule has 0 radical (unpaired) electrons. The molecule has 0 atom stereocenters. The van der Waals surface area contributed by atoms with Crippen LogP contribution in [-0.4, -0.2) is 22.5 Å². The molecule has 6 rings (SSSR count). The molecule has 226 valence electrons. The van der Waals surface area contributed by atoms with Crippen molar-refractivity contribution in [2.45, 2.75) is 20.0 Å². The predicted molar refractivity (Wildman–Crippen MR) is 187 cm³/mol. The van der Waals surface area contributed by atoms with E-state index in [2.05, 4.69) is 43.5 Å². The molecule has 6 aromatic rings. The Morgan fingerprint density at radius 3 is 2.67 bits per heavy atom. The van der Waals surface area contributed by atoms with Crippen molar-refractivity contribution in [2.24, 2.45) is 5.10 Å². The fraction of sp³-hybridized carbons (Fsp3) is 0.114. The summed E-state index contributed by atoms with van der Waals surface area (Å²) in [5.74, 6) is 1.83. The molecule has 2 heterocycles. The molecule has 0 spiro atoms. The minimum atomic E-state index is -0.332. The number of nitrogens with zero attached hydrogens (tertiary/aromatic N) is 3. The molecule has 0 unspecified atom stereocenters. The lowest BCUT2D eigenvalue weighted by Gasteiger charge is -2.17. The van der Waals surface area contributed by atoms with Gasteiger partial charge in [-0.1, -0.05) is 67.7 Å². The fourth-order valence-electron chi connectivity index (χ4n) is 4.92. The highest BCUT2D eigenvalue weighted by molar-refractivity contribution is 9.11. The molecule has 0 aliphatic heterocycles. The van der Waals surface area contributed by atoms with Gasteiger partial charge in [-0.3, -0.25) is 4.79 Å². The number of rotatable bonds is 10. The van der Waals surface area contributed by atoms with Crippen molar-refractivity contribution >= 4 is 71.5 Å². The van der Waals surface area contributed by atoms with E-state index in [0.717, 1.165) is 25.5 Å². The van der Waals surface area contributed by atoms with Crippen LogP contribution in [0.5, 0.6) is 11.5 Å². The van der Waals surface area contributed by atoms with Crippen molar-refractivity contribution in [3.63, 3.8) is 0 Å². The molecule has 2 aromatic heterocycles. The Balaban J connectivity index is 1.43. The van der Waals surface area contributed by atoms with Crippen LogP contribution in [0.25, 0.3) is 33.5 Å². The average Bonchev–Trinajstić information content (AvgIpc) is 3.44. The van der Waals surface area contributed by atoms with E-state index < -0.39 is 0 Å². The zero-order valence-electron chi connectivity index (χ0n) is 24.1. The number of benzene rings is 4. The minimum Gasteiger partial charge on any atom is -0.490 e. The van der Waals surface area contributed by atoms with Crippen molar-refractivity contribution in [1.29, 1.82) is 0 Å². The number of fused-ring (bicyclic) bond motifs is 2. The van der Waals surface area contributed by atoms with E-state index >= 15 is 0 Å². The van der Waals surface area contributed by atoms with Crippen LogP contribution < -0.4 is 15.0 Å². The van der Waals surface area contributed by atoms with Crippen LogP contribution in [0, 0.1) is 0 Å². The van der Waals surface area contributed by atoms with Crippen LogP contribution in [0.4, 0.5) is 0 Å². The number of furan rings is 1. The van der Waals surface area contributed by atoms with E-state index in [1.165, 1.54) is 4.68 Å². The van der Waals surface area contributed by atoms with Gasteiger partial charge in [-0.05, 0) is 79.6 Å². The molecule has 0 saturated carbocycles. The zero-order chi connectivity index (χ0) is 31.5. The first-order valence-corrected chi connectivity index (χ1v) is 16.0. The minimum absolute atomic E-state index is 0.263. The van der Waals surface area contributed by atoms with E-state index in [4.69, 9.17) is 30.5 Å². The normalized spacial score (nSPS) is 11.5. The molecule has 0 amide bonds. The summed E-state index contributed by atoms with van der Waals surface area (Å²) < 4.78 is 21.6. The number of allylic oxidation sites excluding steroid dienone is 1. The molecule has 7 nitrogen and oxygen atoms in total. The van der Waals surface area contributed by atoms with Crippen LogP contribution in [-0.2, 0) is 13.0 Å². The first-order valence-electron chi connectivity index (χ1n) is 14.1. The third-order valence-electron chi connectivity index (χ3n) is 6.98. The predicted octanol–water partition coefficient (Wildman–Crippen LogP) is 9.58. The summed E-state index contributed by atoms with van der Waals surface area (Å²) >= 11 is 13.3. The standard InChI is InChI=1S/C35H26Br2ClN3O4/c1-3-7-22-14-21(15-31(43-4-2)33(22)44-20-23-10-11-25(36)18-28(23)37)19-39-41-34(40-29-9-6-5-8-27(29)35(41)42)32-17-24-16-26(38)12-13-30(24)45-32/h3,5-6,8-19H,1,4,7,20H2,2H3. The van der Waals surface area contributed by atoms with Crippen LogP contribution >= 0.6 is 43.5 Å². The van der Waals surface area contributed by atoms with E-state index in [-0.39, 0.29) is 11.4 Å². The highest BCUT2D eigenvalue weighted by Gasteiger charge is 2.18. The van der Waals surface area contributed by atoms with Gasteiger partial charge in [-0.15, -0.1) is 6.58 Å². The molecule has 10 heteroatoms. The average molecular weight is 748 g/mol. The first-order chi connectivity index (χ1) is 21.8. The quantitative estimate of drug-likeness (QED) is 0.103. The maximum atomic E-state index is 13.8. The van der Waals surface area contributed by atoms with Gasteiger partial charge in [-0.25, -0.2) is 4.98 Å². The molecule has 4 aromatic carbocycles. The fourth-order valence-corrected chi connectivity index (χ4v) is 6.26. The SMILES string of the molecule is C=CCc1cc(C=Nn2c(-c3cc4cc(Cl)ccc4o3)nc3ccccc3c2=O)cc(OCC)c1OCc1ccc(Br)cc1Br. The molecule has 0 fully saturated rings. The van der Waals surface area contributed by atoms with Crippen molar-refractivity contribution in [3.05, 3.63) is 133 Å². The van der Waals surface area contributed by atoms with E-state index in [1.54, 1.807) is 54.8 Å². The van der Waals surface area contributed by atoms with Gasteiger partial charge in [0.1, 0.15) is 12.2 Å². The van der Waals surface area contributed by atoms with Crippen LogP contribution in [0.2, 0.25) is 5.02 Å². The Morgan fingerprint density at radius 1 is 1.02 bits per heavy atom. The summed E-state index contributed by atoms with van der Waals surface area (Å²) in [5.41, 5.74) is 3.38. The number of ether oxygens (including phenoxy) is 2. The second kappa shape index (κ2) is 13.4. The van der Waals surface area contributed by atoms with Gasteiger partial charge in [0.15, 0.2) is 17.3 Å². The number of halogens is 3. The largest absolute Gasteiger partial charge is 0.490 e. The van der Waals surface area contributed by atoms with E-state index in [9.17, 15) is 4.79 Å². The highest BCUT2D eigenvalue weighted by atomic mass is 79.9. The van der Waals surface area contributed by atoms with Crippen molar-refractivity contribution in [3.8, 4) is 23.1 Å². The summed E-state index contributed by atoms with van der Waals surface area (Å²) in [7, 11) is 0. The van der Waals surface area contributed by atoms with Crippen molar-refractivity contribution < 1.29 is 13.9 Å². The van der Waals surface area contributed by atoms with Gasteiger partial charge in [-0.2, -0.15) is 9.78 Å². The van der Waals surface area contributed by atoms with Crippen LogP contribution in [0.1, 0.15) is 23.6 Å². The Hall–Kier alpha value is -4.18. The first kappa shape index (κ1) is 30.8. The number of hydrogen-bond donors (Lipinski definition) is 0. The second-order valence-electron chi connectivity index (χ2n) is 10.1. The third-order valence-corrected chi connectivity index (χ3v) is 8.45. The lowest BCUT2D eigenvalue weighted by molar-refractivity contribution is 0.266. The van der Waals surface area contributed by atoms with Crippen LogP contribution in [0.3, 0.4) is 0 Å². The molecule has 0 aliphatic rings. The van der Waals surface area contributed by atoms with Gasteiger partial charge >= 0.3 is 0 Å². The number of hydrogen-bond acceptors (Lipinski definition) is 6. The number of para-hydroxylation sites is 1. The van der Waals surface area contributed by atoms with Gasteiger partial charge in [0.25, 0.3) is 5.56 Å².